The smallest absolute Gasteiger partial charge is 0.240 e. The summed E-state index contributed by atoms with van der Waals surface area (Å²) in [4.78, 5) is 11.9. The van der Waals surface area contributed by atoms with Gasteiger partial charge in [0.2, 0.25) is 15.9 Å². The van der Waals surface area contributed by atoms with Crippen LogP contribution in [0.5, 0.6) is 0 Å². The zero-order valence-corrected chi connectivity index (χ0v) is 15.4. The van der Waals surface area contributed by atoms with Crippen LogP contribution < -0.4 is 10.0 Å². The highest BCUT2D eigenvalue weighted by Gasteiger charge is 2.14. The zero-order valence-electron chi connectivity index (χ0n) is 14.6. The Morgan fingerprint density at radius 1 is 0.960 bits per heavy atom. The van der Waals surface area contributed by atoms with Gasteiger partial charge in [0, 0.05) is 19.5 Å². The van der Waals surface area contributed by atoms with E-state index in [1.54, 1.807) is 18.2 Å². The second-order valence-electron chi connectivity index (χ2n) is 6.07. The molecule has 0 aromatic heterocycles. The fraction of sp³-hybridized carbons (Fsp3) is 0.421. The highest BCUT2D eigenvalue weighted by atomic mass is 32.2. The van der Waals surface area contributed by atoms with E-state index in [9.17, 15) is 13.2 Å². The third-order valence-corrected chi connectivity index (χ3v) is 5.49. The Bertz CT molecular complexity index is 803. The first kappa shape index (κ1) is 19.4. The molecule has 1 amide bonds. The van der Waals surface area contributed by atoms with E-state index in [0.29, 0.717) is 6.54 Å². The topological polar surface area (TPSA) is 75.3 Å². The van der Waals surface area contributed by atoms with Gasteiger partial charge in [-0.2, -0.15) is 0 Å². The SMILES string of the molecule is CCCCCCNC(=O)CCNS(=O)(=O)c1ccc2ccccc2c1. The average Bonchev–Trinajstić information content (AvgIpc) is 2.61. The minimum Gasteiger partial charge on any atom is -0.356 e. The number of amides is 1. The van der Waals surface area contributed by atoms with Gasteiger partial charge in [-0.3, -0.25) is 4.79 Å². The molecule has 0 heterocycles. The Hall–Kier alpha value is -1.92. The third-order valence-electron chi connectivity index (χ3n) is 4.03. The van der Waals surface area contributed by atoms with E-state index in [1.165, 1.54) is 6.42 Å². The largest absolute Gasteiger partial charge is 0.356 e. The average molecular weight is 362 g/mol. The molecule has 0 radical (unpaired) electrons. The lowest BCUT2D eigenvalue weighted by Crippen LogP contribution is -2.31. The number of sulfonamides is 1. The Balaban J connectivity index is 1.81. The quantitative estimate of drug-likeness (QED) is 0.637. The van der Waals surface area contributed by atoms with Crippen LogP contribution >= 0.6 is 0 Å². The molecule has 0 saturated heterocycles. The van der Waals surface area contributed by atoms with Gasteiger partial charge < -0.3 is 5.32 Å². The molecule has 2 rings (SSSR count). The summed E-state index contributed by atoms with van der Waals surface area (Å²) in [5.74, 6) is -0.127. The molecule has 136 valence electrons. The van der Waals surface area contributed by atoms with Crippen LogP contribution in [0.15, 0.2) is 47.4 Å². The van der Waals surface area contributed by atoms with Gasteiger partial charge >= 0.3 is 0 Å². The van der Waals surface area contributed by atoms with Crippen LogP contribution in [-0.2, 0) is 14.8 Å². The van der Waals surface area contributed by atoms with Gasteiger partial charge in [0.05, 0.1) is 4.90 Å². The second kappa shape index (κ2) is 9.53. The first-order chi connectivity index (χ1) is 12.0. The molecular formula is C19H26N2O3S. The zero-order chi connectivity index (χ0) is 18.1. The van der Waals surface area contributed by atoms with Crippen molar-refractivity contribution in [2.45, 2.75) is 43.9 Å². The van der Waals surface area contributed by atoms with Crippen LogP contribution in [0.4, 0.5) is 0 Å². The van der Waals surface area contributed by atoms with Crippen LogP contribution in [0.2, 0.25) is 0 Å². The minimum atomic E-state index is -3.61. The number of carbonyl (C=O) groups is 1. The normalized spacial score (nSPS) is 11.6. The molecule has 2 N–H and O–H groups in total. The van der Waals surface area contributed by atoms with E-state index in [-0.39, 0.29) is 23.8 Å². The van der Waals surface area contributed by atoms with Gasteiger partial charge in [0.15, 0.2) is 0 Å². The summed E-state index contributed by atoms with van der Waals surface area (Å²) in [6, 6.07) is 12.6. The van der Waals surface area contributed by atoms with Gasteiger partial charge in [-0.25, -0.2) is 13.1 Å². The lowest BCUT2D eigenvalue weighted by molar-refractivity contribution is -0.120. The molecule has 0 fully saturated rings. The summed E-state index contributed by atoms with van der Waals surface area (Å²) in [6.45, 7) is 2.88. The number of hydrogen-bond acceptors (Lipinski definition) is 3. The van der Waals surface area contributed by atoms with E-state index < -0.39 is 10.0 Å². The number of fused-ring (bicyclic) bond motifs is 1. The fourth-order valence-electron chi connectivity index (χ4n) is 2.58. The van der Waals surface area contributed by atoms with Gasteiger partial charge in [-0.05, 0) is 29.3 Å². The van der Waals surface area contributed by atoms with Crippen molar-refractivity contribution in [2.24, 2.45) is 0 Å². The van der Waals surface area contributed by atoms with Crippen molar-refractivity contribution in [3.05, 3.63) is 42.5 Å². The summed E-state index contributed by atoms with van der Waals surface area (Å²) in [6.07, 6.45) is 4.53. The Morgan fingerprint density at radius 2 is 1.72 bits per heavy atom. The Kier molecular flexibility index (Phi) is 7.40. The molecule has 2 aromatic rings. The Labute approximate surface area is 149 Å². The summed E-state index contributed by atoms with van der Waals surface area (Å²) < 4.78 is 27.2. The number of unbranched alkanes of at least 4 members (excludes halogenated alkanes) is 3. The summed E-state index contributed by atoms with van der Waals surface area (Å²) >= 11 is 0. The predicted molar refractivity (Wildman–Crippen MR) is 101 cm³/mol. The van der Waals surface area contributed by atoms with E-state index in [0.717, 1.165) is 30.0 Å². The molecule has 0 spiro atoms. The van der Waals surface area contributed by atoms with Crippen molar-refractivity contribution in [3.63, 3.8) is 0 Å². The second-order valence-corrected chi connectivity index (χ2v) is 7.83. The predicted octanol–water partition coefficient (Wildman–Crippen LogP) is 3.20. The first-order valence-corrected chi connectivity index (χ1v) is 10.3. The van der Waals surface area contributed by atoms with Crippen LogP contribution in [-0.4, -0.2) is 27.4 Å². The van der Waals surface area contributed by atoms with Crippen LogP contribution in [0.25, 0.3) is 10.8 Å². The lowest BCUT2D eigenvalue weighted by Gasteiger charge is -2.08. The third kappa shape index (κ3) is 6.14. The molecule has 5 nitrogen and oxygen atoms in total. The number of rotatable bonds is 10. The lowest BCUT2D eigenvalue weighted by atomic mass is 10.1. The maximum atomic E-state index is 12.3. The maximum absolute atomic E-state index is 12.3. The molecule has 0 atom stereocenters. The van der Waals surface area contributed by atoms with Crippen molar-refractivity contribution < 1.29 is 13.2 Å². The van der Waals surface area contributed by atoms with E-state index in [4.69, 9.17) is 0 Å². The van der Waals surface area contributed by atoms with Crippen molar-refractivity contribution in [3.8, 4) is 0 Å². The summed E-state index contributed by atoms with van der Waals surface area (Å²) in [7, 11) is -3.61. The molecule has 0 saturated carbocycles. The number of benzene rings is 2. The summed E-state index contributed by atoms with van der Waals surface area (Å²) in [5, 5.41) is 4.68. The molecule has 6 heteroatoms. The molecule has 2 aromatic carbocycles. The molecule has 0 aliphatic heterocycles. The Morgan fingerprint density at radius 3 is 2.48 bits per heavy atom. The van der Waals surface area contributed by atoms with Gasteiger partial charge in [0.1, 0.15) is 0 Å². The highest BCUT2D eigenvalue weighted by molar-refractivity contribution is 7.89. The summed E-state index contributed by atoms with van der Waals surface area (Å²) in [5.41, 5.74) is 0. The van der Waals surface area contributed by atoms with Crippen molar-refractivity contribution in [2.75, 3.05) is 13.1 Å². The molecule has 0 aliphatic carbocycles. The monoisotopic (exact) mass is 362 g/mol. The van der Waals surface area contributed by atoms with Gasteiger partial charge in [-0.15, -0.1) is 0 Å². The fourth-order valence-corrected chi connectivity index (χ4v) is 3.65. The van der Waals surface area contributed by atoms with E-state index >= 15 is 0 Å². The van der Waals surface area contributed by atoms with E-state index in [1.807, 2.05) is 24.3 Å². The van der Waals surface area contributed by atoms with Crippen molar-refractivity contribution in [1.82, 2.24) is 10.0 Å². The van der Waals surface area contributed by atoms with E-state index in [2.05, 4.69) is 17.0 Å². The molecule has 0 bridgehead atoms. The molecule has 0 aliphatic rings. The van der Waals surface area contributed by atoms with Crippen LogP contribution in [0, 0.1) is 0 Å². The molecule has 0 unspecified atom stereocenters. The van der Waals surface area contributed by atoms with Crippen molar-refractivity contribution >= 4 is 26.7 Å². The molecule has 25 heavy (non-hydrogen) atoms. The van der Waals surface area contributed by atoms with Crippen LogP contribution in [0.1, 0.15) is 39.0 Å². The first-order valence-electron chi connectivity index (χ1n) is 8.78. The molecular weight excluding hydrogens is 336 g/mol. The van der Waals surface area contributed by atoms with Gasteiger partial charge in [0.25, 0.3) is 0 Å². The minimum absolute atomic E-state index is 0.0932. The van der Waals surface area contributed by atoms with Crippen LogP contribution in [0.3, 0.4) is 0 Å². The van der Waals surface area contributed by atoms with Gasteiger partial charge in [-0.1, -0.05) is 56.5 Å². The maximum Gasteiger partial charge on any atom is 0.240 e. The number of hydrogen-bond donors (Lipinski definition) is 2. The highest BCUT2D eigenvalue weighted by Crippen LogP contribution is 2.18. The van der Waals surface area contributed by atoms with Crippen molar-refractivity contribution in [1.29, 1.82) is 0 Å². The standard InChI is InChI=1S/C19H26N2O3S/c1-2-3-4-7-13-20-19(22)12-14-21-25(23,24)18-11-10-16-8-5-6-9-17(16)15-18/h5-6,8-11,15,21H,2-4,7,12-14H2,1H3,(H,20,22). The number of carbonyl (C=O) groups excluding carboxylic acids is 1. The number of nitrogens with one attached hydrogen (secondary N) is 2.